The largest absolute Gasteiger partial charge is 0.383 e. The summed E-state index contributed by atoms with van der Waals surface area (Å²) in [6.45, 7) is 3.94. The van der Waals surface area contributed by atoms with Gasteiger partial charge in [-0.3, -0.25) is 0 Å². The predicted octanol–water partition coefficient (Wildman–Crippen LogP) is 6.21. The van der Waals surface area contributed by atoms with Gasteiger partial charge in [-0.25, -0.2) is 13.8 Å². The van der Waals surface area contributed by atoms with E-state index in [1.165, 1.54) is 12.1 Å². The lowest BCUT2D eigenvalue weighted by Gasteiger charge is -2.08. The lowest BCUT2D eigenvalue weighted by Crippen LogP contribution is -2.02. The number of nitrogen functional groups attached to an aromatic ring is 1. The summed E-state index contributed by atoms with van der Waals surface area (Å²) in [5.74, 6) is 0.246. The molecule has 3 aromatic heterocycles. The maximum Gasteiger partial charge on any atom is 0.142 e. The Morgan fingerprint density at radius 3 is 1.91 bits per heavy atom. The number of H-pyrrole nitrogens is 1. The molecular formula is C28H23FN6. The highest BCUT2D eigenvalue weighted by molar-refractivity contribution is 6.07. The Bertz CT molecular complexity index is 1660. The van der Waals surface area contributed by atoms with Gasteiger partial charge < -0.3 is 10.7 Å². The van der Waals surface area contributed by atoms with E-state index in [2.05, 4.69) is 4.98 Å². The van der Waals surface area contributed by atoms with Crippen LogP contribution in [0.4, 0.5) is 10.2 Å². The van der Waals surface area contributed by atoms with E-state index in [0.717, 1.165) is 56.2 Å². The average Bonchev–Trinajstić information content (AvgIpc) is 3.51. The van der Waals surface area contributed by atoms with Crippen LogP contribution in [0, 0.1) is 19.7 Å². The molecule has 3 N–H and O–H groups in total. The number of nitrogens with one attached hydrogen (secondary N) is 1. The van der Waals surface area contributed by atoms with Gasteiger partial charge >= 0.3 is 0 Å². The fraction of sp³-hybridized carbons (Fsp3) is 0.0714. The van der Waals surface area contributed by atoms with Crippen molar-refractivity contribution in [1.29, 1.82) is 0 Å². The number of hydrogen-bond donors (Lipinski definition) is 2. The first-order valence-corrected chi connectivity index (χ1v) is 11.4. The molecule has 35 heavy (non-hydrogen) atoms. The Kier molecular flexibility index (Phi) is 4.77. The summed E-state index contributed by atoms with van der Waals surface area (Å²) in [5, 5.41) is 10.6. The SMILES string of the molecule is Cc1nn(-c2ccccc2)c(N)c1-c1c(-c2ccc(F)cc2)[nH]c2c1c(C)nn2-c1ccccc1. The van der Waals surface area contributed by atoms with Gasteiger partial charge in [0, 0.05) is 11.1 Å². The van der Waals surface area contributed by atoms with Crippen molar-refractivity contribution in [3.63, 3.8) is 0 Å². The number of para-hydroxylation sites is 2. The standard InChI is InChI=1S/C28H23FN6/c1-17-23(27(30)34(32-17)21-9-5-3-6-10-21)25-24-18(2)33-35(22-11-7-4-8-12-22)28(24)31-26(25)19-13-15-20(29)16-14-19/h3-16,31H,30H2,1-2H3. The van der Waals surface area contributed by atoms with Gasteiger partial charge in [0.25, 0.3) is 0 Å². The fourth-order valence-electron chi connectivity index (χ4n) is 4.71. The van der Waals surface area contributed by atoms with Crippen LogP contribution in [0.5, 0.6) is 0 Å². The highest BCUT2D eigenvalue weighted by Crippen LogP contribution is 2.44. The molecule has 0 atom stereocenters. The maximum absolute atomic E-state index is 13.8. The minimum atomic E-state index is -0.286. The number of halogens is 1. The summed E-state index contributed by atoms with van der Waals surface area (Å²) < 4.78 is 17.4. The summed E-state index contributed by atoms with van der Waals surface area (Å²) in [6.07, 6.45) is 0. The van der Waals surface area contributed by atoms with E-state index in [1.54, 1.807) is 16.8 Å². The summed E-state index contributed by atoms with van der Waals surface area (Å²) in [5.41, 5.74) is 14.5. The van der Waals surface area contributed by atoms with E-state index in [-0.39, 0.29) is 5.82 Å². The molecule has 0 aliphatic rings. The smallest absolute Gasteiger partial charge is 0.142 e. The molecule has 0 bridgehead atoms. The zero-order valence-electron chi connectivity index (χ0n) is 19.3. The summed E-state index contributed by atoms with van der Waals surface area (Å²) >= 11 is 0. The summed E-state index contributed by atoms with van der Waals surface area (Å²) in [7, 11) is 0. The second kappa shape index (κ2) is 7.99. The number of anilines is 1. The first kappa shape index (κ1) is 20.9. The fourth-order valence-corrected chi connectivity index (χ4v) is 4.71. The van der Waals surface area contributed by atoms with Crippen molar-refractivity contribution < 1.29 is 4.39 Å². The third-order valence-electron chi connectivity index (χ3n) is 6.28. The van der Waals surface area contributed by atoms with Crippen molar-refractivity contribution in [3.8, 4) is 33.8 Å². The van der Waals surface area contributed by atoms with Crippen LogP contribution in [0.1, 0.15) is 11.4 Å². The molecule has 0 amide bonds. The molecule has 0 unspecified atom stereocenters. The molecule has 0 saturated carbocycles. The number of aromatic nitrogens is 5. The van der Waals surface area contributed by atoms with Crippen LogP contribution >= 0.6 is 0 Å². The molecule has 0 aliphatic heterocycles. The van der Waals surface area contributed by atoms with Crippen molar-refractivity contribution in [3.05, 3.63) is 102 Å². The number of nitrogens with two attached hydrogens (primary N) is 1. The van der Waals surface area contributed by atoms with Crippen LogP contribution in [0.25, 0.3) is 44.8 Å². The second-order valence-corrected chi connectivity index (χ2v) is 8.53. The predicted molar refractivity (Wildman–Crippen MR) is 137 cm³/mol. The summed E-state index contributed by atoms with van der Waals surface area (Å²) in [6, 6.07) is 26.2. The van der Waals surface area contributed by atoms with E-state index in [4.69, 9.17) is 15.9 Å². The van der Waals surface area contributed by atoms with Gasteiger partial charge in [0.05, 0.1) is 33.8 Å². The van der Waals surface area contributed by atoms with Gasteiger partial charge in [-0.15, -0.1) is 0 Å². The maximum atomic E-state index is 13.8. The number of nitrogens with zero attached hydrogens (tertiary/aromatic N) is 4. The molecule has 0 spiro atoms. The Hall–Kier alpha value is -4.65. The number of hydrogen-bond acceptors (Lipinski definition) is 3. The van der Waals surface area contributed by atoms with Gasteiger partial charge in [0.1, 0.15) is 17.3 Å². The van der Waals surface area contributed by atoms with Crippen molar-refractivity contribution in [1.82, 2.24) is 24.5 Å². The Labute approximate surface area is 201 Å². The van der Waals surface area contributed by atoms with Gasteiger partial charge in [0.15, 0.2) is 0 Å². The molecule has 172 valence electrons. The first-order chi connectivity index (χ1) is 17.0. The highest BCUT2D eigenvalue weighted by atomic mass is 19.1. The van der Waals surface area contributed by atoms with Crippen LogP contribution in [0.3, 0.4) is 0 Å². The molecule has 3 aromatic carbocycles. The van der Waals surface area contributed by atoms with Gasteiger partial charge in [-0.2, -0.15) is 10.2 Å². The quantitative estimate of drug-likeness (QED) is 0.327. The number of fused-ring (bicyclic) bond motifs is 1. The second-order valence-electron chi connectivity index (χ2n) is 8.53. The lowest BCUT2D eigenvalue weighted by atomic mass is 9.98. The van der Waals surface area contributed by atoms with E-state index >= 15 is 0 Å². The van der Waals surface area contributed by atoms with Crippen molar-refractivity contribution in [2.24, 2.45) is 0 Å². The third kappa shape index (κ3) is 3.32. The molecule has 0 saturated heterocycles. The number of aromatic amines is 1. The monoisotopic (exact) mass is 462 g/mol. The van der Waals surface area contributed by atoms with Crippen LogP contribution in [-0.4, -0.2) is 24.5 Å². The van der Waals surface area contributed by atoms with Gasteiger partial charge in [-0.1, -0.05) is 36.4 Å². The van der Waals surface area contributed by atoms with Crippen LogP contribution < -0.4 is 5.73 Å². The normalized spacial score (nSPS) is 11.4. The van der Waals surface area contributed by atoms with E-state index < -0.39 is 0 Å². The average molecular weight is 463 g/mol. The Balaban J connectivity index is 1.68. The van der Waals surface area contributed by atoms with E-state index in [0.29, 0.717) is 5.82 Å². The number of benzene rings is 3. The van der Waals surface area contributed by atoms with E-state index in [1.807, 2.05) is 79.2 Å². The van der Waals surface area contributed by atoms with E-state index in [9.17, 15) is 4.39 Å². The number of rotatable bonds is 4. The molecule has 6 nitrogen and oxygen atoms in total. The van der Waals surface area contributed by atoms with Crippen LogP contribution in [0.15, 0.2) is 84.9 Å². The Morgan fingerprint density at radius 1 is 0.714 bits per heavy atom. The minimum Gasteiger partial charge on any atom is -0.383 e. The van der Waals surface area contributed by atoms with Crippen LogP contribution in [-0.2, 0) is 0 Å². The van der Waals surface area contributed by atoms with Crippen LogP contribution in [0.2, 0.25) is 0 Å². The molecule has 6 rings (SSSR count). The molecule has 7 heteroatoms. The van der Waals surface area contributed by atoms with Crippen molar-refractivity contribution in [2.45, 2.75) is 13.8 Å². The minimum absolute atomic E-state index is 0.286. The van der Waals surface area contributed by atoms with Crippen molar-refractivity contribution >= 4 is 16.9 Å². The molecule has 0 radical (unpaired) electrons. The third-order valence-corrected chi connectivity index (χ3v) is 6.28. The van der Waals surface area contributed by atoms with Gasteiger partial charge in [0.2, 0.25) is 0 Å². The molecule has 6 aromatic rings. The molecular weight excluding hydrogens is 439 g/mol. The van der Waals surface area contributed by atoms with Gasteiger partial charge in [-0.05, 0) is 67.9 Å². The zero-order valence-corrected chi connectivity index (χ0v) is 19.3. The number of aryl methyl sites for hydroxylation is 2. The zero-order chi connectivity index (χ0) is 24.1. The summed E-state index contributed by atoms with van der Waals surface area (Å²) in [4.78, 5) is 3.58. The topological polar surface area (TPSA) is 77.5 Å². The van der Waals surface area contributed by atoms with Crippen molar-refractivity contribution in [2.75, 3.05) is 5.73 Å². The highest BCUT2D eigenvalue weighted by Gasteiger charge is 2.27. The Morgan fingerprint density at radius 2 is 1.29 bits per heavy atom. The molecule has 0 aliphatic carbocycles. The molecule has 0 fully saturated rings. The molecule has 3 heterocycles. The first-order valence-electron chi connectivity index (χ1n) is 11.4. The lowest BCUT2D eigenvalue weighted by molar-refractivity contribution is 0.628.